The van der Waals surface area contributed by atoms with Gasteiger partial charge in [-0.25, -0.2) is 9.97 Å². The third kappa shape index (κ3) is 1.08. The van der Waals surface area contributed by atoms with Crippen molar-refractivity contribution >= 4 is 0 Å². The van der Waals surface area contributed by atoms with E-state index in [4.69, 9.17) is 0 Å². The summed E-state index contributed by atoms with van der Waals surface area (Å²) in [5.41, 5.74) is 2.73. The van der Waals surface area contributed by atoms with Gasteiger partial charge in [0, 0.05) is 31.1 Å². The summed E-state index contributed by atoms with van der Waals surface area (Å²) in [4.78, 5) is 11.3. The smallest absolute Gasteiger partial charge is 0.125 e. The number of aromatic nitrogens is 2. The predicted octanol–water partition coefficient (Wildman–Crippen LogP) is 1.30. The SMILES string of the molecule is Cc1ncc2c(n1)C1CC2CN(C)C1. The van der Waals surface area contributed by atoms with Crippen molar-refractivity contribution < 1.29 is 0 Å². The fourth-order valence-corrected chi connectivity index (χ4v) is 2.88. The van der Waals surface area contributed by atoms with Gasteiger partial charge in [0.25, 0.3) is 0 Å². The number of rotatable bonds is 0. The van der Waals surface area contributed by atoms with Gasteiger partial charge < -0.3 is 4.90 Å². The fourth-order valence-electron chi connectivity index (χ4n) is 2.88. The molecule has 0 amide bonds. The van der Waals surface area contributed by atoms with Crippen molar-refractivity contribution in [1.29, 1.82) is 0 Å². The highest BCUT2D eigenvalue weighted by Gasteiger charge is 2.37. The Morgan fingerprint density at radius 1 is 1.36 bits per heavy atom. The van der Waals surface area contributed by atoms with Crippen LogP contribution in [0.4, 0.5) is 0 Å². The number of nitrogens with zero attached hydrogens (tertiary/aromatic N) is 3. The first kappa shape index (κ1) is 8.36. The van der Waals surface area contributed by atoms with E-state index in [0.717, 1.165) is 5.82 Å². The molecule has 2 unspecified atom stereocenters. The van der Waals surface area contributed by atoms with E-state index in [1.54, 1.807) is 0 Å². The highest BCUT2D eigenvalue weighted by Crippen LogP contribution is 2.43. The number of likely N-dealkylation sites (N-methyl/N-ethyl adjacent to an activating group) is 1. The molecular formula is C11H15N3. The van der Waals surface area contributed by atoms with Crippen molar-refractivity contribution in [2.75, 3.05) is 20.1 Å². The Balaban J connectivity index is 2.09. The van der Waals surface area contributed by atoms with E-state index in [2.05, 4.69) is 21.9 Å². The molecule has 1 aliphatic heterocycles. The molecule has 1 aliphatic carbocycles. The van der Waals surface area contributed by atoms with E-state index in [0.29, 0.717) is 11.8 Å². The number of aryl methyl sites for hydroxylation is 1. The molecule has 3 nitrogen and oxygen atoms in total. The first-order valence-electron chi connectivity index (χ1n) is 5.26. The van der Waals surface area contributed by atoms with Crippen LogP contribution in [0.3, 0.4) is 0 Å². The summed E-state index contributed by atoms with van der Waals surface area (Å²) in [5.74, 6) is 2.27. The van der Waals surface area contributed by atoms with Crippen molar-refractivity contribution in [2.24, 2.45) is 0 Å². The molecule has 0 N–H and O–H groups in total. The summed E-state index contributed by atoms with van der Waals surface area (Å²) in [5, 5.41) is 0. The summed E-state index contributed by atoms with van der Waals surface area (Å²) in [6.07, 6.45) is 3.33. The zero-order valence-corrected chi connectivity index (χ0v) is 8.70. The Bertz CT molecular complexity index is 373. The lowest BCUT2D eigenvalue weighted by Crippen LogP contribution is -2.31. The largest absolute Gasteiger partial charge is 0.305 e. The Morgan fingerprint density at radius 2 is 2.14 bits per heavy atom. The van der Waals surface area contributed by atoms with E-state index in [-0.39, 0.29) is 0 Å². The molecule has 2 aliphatic rings. The lowest BCUT2D eigenvalue weighted by atomic mass is 9.97. The van der Waals surface area contributed by atoms with Gasteiger partial charge in [-0.2, -0.15) is 0 Å². The van der Waals surface area contributed by atoms with Crippen molar-refractivity contribution in [3.05, 3.63) is 23.3 Å². The fraction of sp³-hybridized carbons (Fsp3) is 0.636. The minimum atomic E-state index is 0.662. The molecule has 14 heavy (non-hydrogen) atoms. The van der Waals surface area contributed by atoms with Gasteiger partial charge >= 0.3 is 0 Å². The molecule has 0 radical (unpaired) electrons. The van der Waals surface area contributed by atoms with E-state index in [9.17, 15) is 0 Å². The van der Waals surface area contributed by atoms with Crippen LogP contribution in [0.2, 0.25) is 0 Å². The lowest BCUT2D eigenvalue weighted by molar-refractivity contribution is 0.244. The number of likely N-dealkylation sites (tertiary alicyclic amines) is 1. The highest BCUT2D eigenvalue weighted by atomic mass is 15.1. The molecule has 1 aromatic heterocycles. The van der Waals surface area contributed by atoms with Gasteiger partial charge in [-0.1, -0.05) is 0 Å². The topological polar surface area (TPSA) is 29.0 Å². The first-order chi connectivity index (χ1) is 6.74. The number of hydrogen-bond acceptors (Lipinski definition) is 3. The van der Waals surface area contributed by atoms with Gasteiger partial charge in [0.1, 0.15) is 5.82 Å². The highest BCUT2D eigenvalue weighted by molar-refractivity contribution is 5.34. The molecule has 2 bridgehead atoms. The molecule has 2 heterocycles. The summed E-state index contributed by atoms with van der Waals surface area (Å²) >= 11 is 0. The van der Waals surface area contributed by atoms with Crippen LogP contribution in [-0.2, 0) is 0 Å². The van der Waals surface area contributed by atoms with Crippen LogP contribution in [-0.4, -0.2) is 35.0 Å². The zero-order valence-electron chi connectivity index (χ0n) is 8.70. The van der Waals surface area contributed by atoms with Crippen LogP contribution >= 0.6 is 0 Å². The average molecular weight is 189 g/mol. The van der Waals surface area contributed by atoms with Crippen molar-refractivity contribution in [3.63, 3.8) is 0 Å². The molecular weight excluding hydrogens is 174 g/mol. The number of piperidine rings is 1. The molecule has 0 aromatic carbocycles. The third-order valence-corrected chi connectivity index (χ3v) is 3.43. The zero-order chi connectivity index (χ0) is 9.71. The second-order valence-electron chi connectivity index (χ2n) is 4.61. The van der Waals surface area contributed by atoms with Gasteiger partial charge in [-0.15, -0.1) is 0 Å². The Labute approximate surface area is 84.2 Å². The van der Waals surface area contributed by atoms with Gasteiger partial charge in [-0.3, -0.25) is 0 Å². The third-order valence-electron chi connectivity index (χ3n) is 3.43. The Hall–Kier alpha value is -0.960. The standard InChI is InChI=1S/C11H15N3/c1-7-12-4-10-8-3-9(11(10)13-7)6-14(2)5-8/h4,8-9H,3,5-6H2,1-2H3. The summed E-state index contributed by atoms with van der Waals surface area (Å²) in [6, 6.07) is 0. The molecule has 74 valence electrons. The monoisotopic (exact) mass is 189 g/mol. The van der Waals surface area contributed by atoms with Crippen LogP contribution in [0.1, 0.15) is 35.3 Å². The molecule has 3 heteroatoms. The minimum Gasteiger partial charge on any atom is -0.305 e. The second kappa shape index (κ2) is 2.76. The van der Waals surface area contributed by atoms with Gasteiger partial charge in [0.2, 0.25) is 0 Å². The van der Waals surface area contributed by atoms with Gasteiger partial charge in [0.15, 0.2) is 0 Å². The van der Waals surface area contributed by atoms with E-state index in [1.807, 2.05) is 13.1 Å². The van der Waals surface area contributed by atoms with Crippen LogP contribution in [0.25, 0.3) is 0 Å². The van der Waals surface area contributed by atoms with Crippen LogP contribution in [0.15, 0.2) is 6.20 Å². The predicted molar refractivity (Wildman–Crippen MR) is 54.4 cm³/mol. The van der Waals surface area contributed by atoms with E-state index >= 15 is 0 Å². The Kier molecular flexibility index (Phi) is 1.65. The quantitative estimate of drug-likeness (QED) is 0.616. The number of fused-ring (bicyclic) bond motifs is 5. The van der Waals surface area contributed by atoms with Crippen molar-refractivity contribution in [1.82, 2.24) is 14.9 Å². The van der Waals surface area contributed by atoms with Crippen LogP contribution in [0.5, 0.6) is 0 Å². The molecule has 1 saturated heterocycles. The second-order valence-corrected chi connectivity index (χ2v) is 4.61. The summed E-state index contributed by atoms with van der Waals surface area (Å²) in [6.45, 7) is 4.32. The molecule has 1 fully saturated rings. The van der Waals surface area contributed by atoms with E-state index < -0.39 is 0 Å². The maximum atomic E-state index is 4.59. The van der Waals surface area contributed by atoms with Gasteiger partial charge in [0.05, 0.1) is 5.69 Å². The maximum Gasteiger partial charge on any atom is 0.125 e. The summed E-state index contributed by atoms with van der Waals surface area (Å²) < 4.78 is 0. The maximum absolute atomic E-state index is 4.59. The minimum absolute atomic E-state index is 0.662. The van der Waals surface area contributed by atoms with Crippen molar-refractivity contribution in [3.8, 4) is 0 Å². The van der Waals surface area contributed by atoms with Crippen molar-refractivity contribution in [2.45, 2.75) is 25.2 Å². The van der Waals surface area contributed by atoms with Gasteiger partial charge in [-0.05, 0) is 26.0 Å². The lowest BCUT2D eigenvalue weighted by Gasteiger charge is -2.27. The first-order valence-corrected chi connectivity index (χ1v) is 5.26. The molecule has 3 rings (SSSR count). The normalized spacial score (nSPS) is 30.4. The molecule has 1 aromatic rings. The average Bonchev–Trinajstić information content (AvgIpc) is 2.39. The Morgan fingerprint density at radius 3 is 3.00 bits per heavy atom. The molecule has 0 spiro atoms. The molecule has 0 saturated carbocycles. The van der Waals surface area contributed by atoms with Crippen LogP contribution in [0, 0.1) is 6.92 Å². The molecule has 2 atom stereocenters. The summed E-state index contributed by atoms with van der Waals surface area (Å²) in [7, 11) is 2.20. The van der Waals surface area contributed by atoms with E-state index in [1.165, 1.54) is 30.8 Å². The number of hydrogen-bond donors (Lipinski definition) is 0. The van der Waals surface area contributed by atoms with Crippen LogP contribution < -0.4 is 0 Å².